The van der Waals surface area contributed by atoms with Crippen molar-refractivity contribution in [3.05, 3.63) is 40.7 Å². The molecule has 0 amide bonds. The van der Waals surface area contributed by atoms with Gasteiger partial charge in [0.05, 0.1) is 16.5 Å². The average molecular weight is 324 g/mol. The van der Waals surface area contributed by atoms with E-state index >= 15 is 0 Å². The lowest BCUT2D eigenvalue weighted by molar-refractivity contribution is 0.561. The van der Waals surface area contributed by atoms with Crippen molar-refractivity contribution >= 4 is 21.2 Å². The third-order valence-corrected chi connectivity index (χ3v) is 5.02. The first-order valence-electron chi connectivity index (χ1n) is 6.85. The highest BCUT2D eigenvalue weighted by molar-refractivity contribution is 7.90. The first-order valence-corrected chi connectivity index (χ1v) is 9.79. The standard InChI is InChI=1S/C15H20N2O2S2/c1-12(11-21(2,18)19)16-9-8-15-17-14(10-20-15)13-6-4-3-5-7-13/h3-7,10,12,16H,8-9,11H2,1-2H3/t12-/m0/s1. The van der Waals surface area contributed by atoms with Crippen LogP contribution in [0, 0.1) is 0 Å². The summed E-state index contributed by atoms with van der Waals surface area (Å²) >= 11 is 1.64. The Bertz CT molecular complexity index is 666. The Kier molecular flexibility index (Phi) is 5.50. The highest BCUT2D eigenvalue weighted by Gasteiger charge is 2.10. The van der Waals surface area contributed by atoms with Crippen LogP contribution in [0.25, 0.3) is 11.3 Å². The van der Waals surface area contributed by atoms with E-state index in [0.717, 1.165) is 29.2 Å². The topological polar surface area (TPSA) is 59.1 Å². The Morgan fingerprint density at radius 2 is 2.00 bits per heavy atom. The molecule has 6 heteroatoms. The monoisotopic (exact) mass is 324 g/mol. The van der Waals surface area contributed by atoms with E-state index in [1.807, 2.05) is 37.3 Å². The summed E-state index contributed by atoms with van der Waals surface area (Å²) in [7, 11) is -2.93. The van der Waals surface area contributed by atoms with Gasteiger partial charge in [0.15, 0.2) is 0 Å². The van der Waals surface area contributed by atoms with Crippen LogP contribution in [0.15, 0.2) is 35.7 Å². The van der Waals surface area contributed by atoms with E-state index in [1.54, 1.807) is 11.3 Å². The molecule has 1 aromatic heterocycles. The third-order valence-electron chi connectivity index (χ3n) is 3.01. The van der Waals surface area contributed by atoms with Crippen LogP contribution in [0.1, 0.15) is 11.9 Å². The number of rotatable bonds is 7. The number of aromatic nitrogens is 1. The van der Waals surface area contributed by atoms with Gasteiger partial charge in [0.25, 0.3) is 0 Å². The van der Waals surface area contributed by atoms with Crippen LogP contribution in [0.4, 0.5) is 0 Å². The van der Waals surface area contributed by atoms with E-state index in [2.05, 4.69) is 15.7 Å². The fourth-order valence-electron chi connectivity index (χ4n) is 2.11. The van der Waals surface area contributed by atoms with E-state index in [1.165, 1.54) is 6.26 Å². The van der Waals surface area contributed by atoms with Crippen LogP contribution in [0.2, 0.25) is 0 Å². The van der Waals surface area contributed by atoms with Crippen molar-refractivity contribution in [3.63, 3.8) is 0 Å². The molecule has 0 aliphatic carbocycles. The lowest BCUT2D eigenvalue weighted by atomic mass is 10.2. The minimum absolute atomic E-state index is 0.0337. The maximum atomic E-state index is 11.2. The van der Waals surface area contributed by atoms with Gasteiger partial charge < -0.3 is 5.32 Å². The number of nitrogens with zero attached hydrogens (tertiary/aromatic N) is 1. The molecular weight excluding hydrogens is 304 g/mol. The van der Waals surface area contributed by atoms with Gasteiger partial charge in [-0.25, -0.2) is 13.4 Å². The maximum absolute atomic E-state index is 11.2. The highest BCUT2D eigenvalue weighted by Crippen LogP contribution is 2.21. The van der Waals surface area contributed by atoms with Crippen molar-refractivity contribution in [3.8, 4) is 11.3 Å². The summed E-state index contributed by atoms with van der Waals surface area (Å²) in [6, 6.07) is 10.1. The zero-order valence-electron chi connectivity index (χ0n) is 12.2. The molecule has 4 nitrogen and oxygen atoms in total. The number of benzene rings is 1. The average Bonchev–Trinajstić information content (AvgIpc) is 2.86. The first kappa shape index (κ1) is 16.1. The normalized spacial score (nSPS) is 13.2. The number of sulfone groups is 1. The quantitative estimate of drug-likeness (QED) is 0.849. The second-order valence-electron chi connectivity index (χ2n) is 5.19. The molecule has 1 heterocycles. The lowest BCUT2D eigenvalue weighted by Crippen LogP contribution is -2.34. The van der Waals surface area contributed by atoms with Crippen LogP contribution in [0.3, 0.4) is 0 Å². The molecule has 2 aromatic rings. The number of nitrogens with one attached hydrogen (secondary N) is 1. The fraction of sp³-hybridized carbons (Fsp3) is 0.400. The second-order valence-corrected chi connectivity index (χ2v) is 8.32. The summed E-state index contributed by atoms with van der Waals surface area (Å²) < 4.78 is 22.4. The SMILES string of the molecule is C[C@@H](CS(C)(=O)=O)NCCc1nc(-c2ccccc2)cs1. The summed E-state index contributed by atoms with van der Waals surface area (Å²) in [5.41, 5.74) is 2.12. The van der Waals surface area contributed by atoms with Gasteiger partial charge in [-0.2, -0.15) is 0 Å². The van der Waals surface area contributed by atoms with Gasteiger partial charge >= 0.3 is 0 Å². The summed E-state index contributed by atoms with van der Waals surface area (Å²) in [4.78, 5) is 4.61. The van der Waals surface area contributed by atoms with Crippen LogP contribution in [-0.2, 0) is 16.3 Å². The molecule has 114 valence electrons. The number of hydrogen-bond donors (Lipinski definition) is 1. The smallest absolute Gasteiger partial charge is 0.148 e. The predicted molar refractivity (Wildman–Crippen MR) is 88.4 cm³/mol. The number of thiazole rings is 1. The summed E-state index contributed by atoms with van der Waals surface area (Å²) in [5.74, 6) is 0.167. The maximum Gasteiger partial charge on any atom is 0.148 e. The van der Waals surface area contributed by atoms with Gasteiger partial charge in [0, 0.05) is 36.2 Å². The summed E-state index contributed by atoms with van der Waals surface area (Å²) in [5, 5.41) is 6.35. The zero-order valence-corrected chi connectivity index (χ0v) is 13.9. The van der Waals surface area contributed by atoms with Gasteiger partial charge in [-0.3, -0.25) is 0 Å². The Balaban J connectivity index is 1.84. The molecule has 0 radical (unpaired) electrons. The van der Waals surface area contributed by atoms with Gasteiger partial charge in [-0.05, 0) is 6.92 Å². The Morgan fingerprint density at radius 1 is 1.29 bits per heavy atom. The van der Waals surface area contributed by atoms with Crippen LogP contribution < -0.4 is 5.32 Å². The fourth-order valence-corrected chi connectivity index (χ4v) is 3.94. The van der Waals surface area contributed by atoms with E-state index in [0.29, 0.717) is 0 Å². The van der Waals surface area contributed by atoms with E-state index in [4.69, 9.17) is 0 Å². The molecule has 0 bridgehead atoms. The van der Waals surface area contributed by atoms with E-state index in [-0.39, 0.29) is 11.8 Å². The molecule has 2 rings (SSSR count). The Hall–Kier alpha value is -1.24. The molecule has 0 unspecified atom stereocenters. The van der Waals surface area contributed by atoms with Gasteiger partial charge in [-0.15, -0.1) is 11.3 Å². The Morgan fingerprint density at radius 3 is 2.67 bits per heavy atom. The number of hydrogen-bond acceptors (Lipinski definition) is 5. The van der Waals surface area contributed by atoms with Crippen molar-refractivity contribution in [1.82, 2.24) is 10.3 Å². The zero-order chi connectivity index (χ0) is 15.3. The van der Waals surface area contributed by atoms with Crippen molar-refractivity contribution in [2.45, 2.75) is 19.4 Å². The molecule has 0 saturated heterocycles. The van der Waals surface area contributed by atoms with Crippen LogP contribution in [0.5, 0.6) is 0 Å². The second kappa shape index (κ2) is 7.15. The molecule has 0 spiro atoms. The molecular formula is C15H20N2O2S2. The molecule has 0 saturated carbocycles. The van der Waals surface area contributed by atoms with E-state index in [9.17, 15) is 8.42 Å². The molecule has 1 atom stereocenters. The Labute approximate surface area is 130 Å². The molecule has 21 heavy (non-hydrogen) atoms. The highest BCUT2D eigenvalue weighted by atomic mass is 32.2. The van der Waals surface area contributed by atoms with Gasteiger partial charge in [0.1, 0.15) is 9.84 Å². The van der Waals surface area contributed by atoms with Crippen molar-refractivity contribution in [1.29, 1.82) is 0 Å². The first-order chi connectivity index (χ1) is 9.94. The van der Waals surface area contributed by atoms with Gasteiger partial charge in [0.2, 0.25) is 0 Å². The van der Waals surface area contributed by atoms with Gasteiger partial charge in [-0.1, -0.05) is 30.3 Å². The van der Waals surface area contributed by atoms with Crippen LogP contribution in [-0.4, -0.2) is 38.0 Å². The molecule has 1 aromatic carbocycles. The van der Waals surface area contributed by atoms with E-state index < -0.39 is 9.84 Å². The molecule has 0 aliphatic heterocycles. The summed E-state index contributed by atoms with van der Waals surface area (Å²) in [6.07, 6.45) is 2.07. The predicted octanol–water partition coefficient (Wildman–Crippen LogP) is 2.38. The van der Waals surface area contributed by atoms with Crippen molar-refractivity contribution < 1.29 is 8.42 Å². The third kappa shape index (κ3) is 5.57. The minimum atomic E-state index is -2.93. The minimum Gasteiger partial charge on any atom is -0.313 e. The summed E-state index contributed by atoms with van der Waals surface area (Å²) in [6.45, 7) is 2.62. The molecule has 0 aliphatic rings. The van der Waals surface area contributed by atoms with Crippen molar-refractivity contribution in [2.75, 3.05) is 18.6 Å². The lowest BCUT2D eigenvalue weighted by Gasteiger charge is -2.11. The molecule has 0 fully saturated rings. The van der Waals surface area contributed by atoms with Crippen molar-refractivity contribution in [2.24, 2.45) is 0 Å². The molecule has 1 N–H and O–H groups in total. The van der Waals surface area contributed by atoms with Crippen LogP contribution >= 0.6 is 11.3 Å². The largest absolute Gasteiger partial charge is 0.313 e.